The van der Waals surface area contributed by atoms with Gasteiger partial charge < -0.3 is 4.90 Å². The van der Waals surface area contributed by atoms with Crippen LogP contribution in [0.4, 0.5) is 0 Å². The molecule has 1 rings (SSSR count). The van der Waals surface area contributed by atoms with Crippen LogP contribution in [-0.2, 0) is 13.0 Å². The summed E-state index contributed by atoms with van der Waals surface area (Å²) in [6.07, 6.45) is 4.33. The molecule has 0 radical (unpaired) electrons. The fourth-order valence-corrected chi connectivity index (χ4v) is 1.22. The van der Waals surface area contributed by atoms with E-state index in [1.165, 1.54) is 12.1 Å². The van der Waals surface area contributed by atoms with Crippen molar-refractivity contribution in [3.05, 3.63) is 18.0 Å². The van der Waals surface area contributed by atoms with Crippen molar-refractivity contribution in [1.29, 1.82) is 0 Å². The van der Waals surface area contributed by atoms with Crippen molar-refractivity contribution in [2.75, 3.05) is 20.6 Å². The molecule has 0 spiro atoms. The molecule has 0 aliphatic rings. The molecule has 0 aliphatic heterocycles. The maximum Gasteiger partial charge on any atom is 0.0624 e. The second-order valence-corrected chi connectivity index (χ2v) is 3.62. The summed E-state index contributed by atoms with van der Waals surface area (Å²) in [7, 11) is 4.16. The Balaban J connectivity index is 2.39. The third kappa shape index (κ3) is 3.59. The zero-order valence-corrected chi connectivity index (χ0v) is 8.82. The van der Waals surface area contributed by atoms with Gasteiger partial charge in [-0.15, -0.1) is 0 Å². The molecular weight excluding hydrogens is 162 g/mol. The summed E-state index contributed by atoms with van der Waals surface area (Å²) in [6.45, 7) is 4.21. The van der Waals surface area contributed by atoms with E-state index in [0.717, 1.165) is 19.5 Å². The summed E-state index contributed by atoms with van der Waals surface area (Å²) in [4.78, 5) is 2.17. The molecule has 0 atom stereocenters. The molecule has 0 fully saturated rings. The first-order valence-corrected chi connectivity index (χ1v) is 4.89. The van der Waals surface area contributed by atoms with Crippen LogP contribution in [-0.4, -0.2) is 35.3 Å². The lowest BCUT2D eigenvalue weighted by Crippen LogP contribution is -2.18. The largest absolute Gasteiger partial charge is 0.308 e. The second kappa shape index (κ2) is 5.02. The average Bonchev–Trinajstić information content (AvgIpc) is 2.50. The molecule has 0 amide bonds. The monoisotopic (exact) mass is 181 g/mol. The summed E-state index contributed by atoms with van der Waals surface area (Å²) in [5.41, 5.74) is 1.21. The highest BCUT2D eigenvalue weighted by molar-refractivity contribution is 4.98. The molecule has 0 saturated heterocycles. The summed E-state index contributed by atoms with van der Waals surface area (Å²) in [6, 6.07) is 2.11. The maximum absolute atomic E-state index is 4.46. The second-order valence-electron chi connectivity index (χ2n) is 3.62. The minimum absolute atomic E-state index is 0.983. The first kappa shape index (κ1) is 10.3. The number of aryl methyl sites for hydroxylation is 1. The van der Waals surface area contributed by atoms with E-state index < -0.39 is 0 Å². The Morgan fingerprint density at radius 2 is 2.23 bits per heavy atom. The zero-order valence-electron chi connectivity index (χ0n) is 8.82. The average molecular weight is 181 g/mol. The number of hydrogen-bond acceptors (Lipinski definition) is 2. The van der Waals surface area contributed by atoms with Gasteiger partial charge in [0, 0.05) is 12.7 Å². The zero-order chi connectivity index (χ0) is 9.68. The van der Waals surface area contributed by atoms with Crippen LogP contribution < -0.4 is 0 Å². The topological polar surface area (TPSA) is 21.1 Å². The molecule has 74 valence electrons. The normalized spacial score (nSPS) is 11.1. The summed E-state index contributed by atoms with van der Waals surface area (Å²) in [5.74, 6) is 0. The van der Waals surface area contributed by atoms with E-state index in [-0.39, 0.29) is 0 Å². The Kier molecular flexibility index (Phi) is 3.96. The molecule has 0 bridgehead atoms. The van der Waals surface area contributed by atoms with Crippen molar-refractivity contribution in [3.8, 4) is 0 Å². The van der Waals surface area contributed by atoms with Crippen LogP contribution in [0, 0.1) is 0 Å². The van der Waals surface area contributed by atoms with Gasteiger partial charge in [-0.2, -0.15) is 5.10 Å². The van der Waals surface area contributed by atoms with Crippen molar-refractivity contribution in [1.82, 2.24) is 14.7 Å². The van der Waals surface area contributed by atoms with Crippen LogP contribution in [0.5, 0.6) is 0 Å². The molecule has 1 heterocycles. The first-order valence-electron chi connectivity index (χ1n) is 4.89. The Hall–Kier alpha value is -0.830. The van der Waals surface area contributed by atoms with Gasteiger partial charge in [-0.05, 0) is 26.6 Å². The van der Waals surface area contributed by atoms with Crippen LogP contribution >= 0.6 is 0 Å². The fraction of sp³-hybridized carbons (Fsp3) is 0.700. The number of likely N-dealkylation sites (N-methyl/N-ethyl adjacent to an activating group) is 1. The third-order valence-electron chi connectivity index (χ3n) is 1.98. The van der Waals surface area contributed by atoms with E-state index in [2.05, 4.69) is 43.3 Å². The number of nitrogens with zero attached hydrogens (tertiary/aromatic N) is 3. The van der Waals surface area contributed by atoms with E-state index in [0.29, 0.717) is 0 Å². The van der Waals surface area contributed by atoms with Crippen molar-refractivity contribution >= 4 is 0 Å². The van der Waals surface area contributed by atoms with Gasteiger partial charge in [-0.25, -0.2) is 0 Å². The predicted octanol–water partition coefficient (Wildman–Crippen LogP) is 1.40. The standard InChI is InChI=1S/C10H19N3/c1-4-5-10-6-7-13(11-10)9-8-12(2)3/h6-7H,4-5,8-9H2,1-3H3. The molecule has 0 aromatic carbocycles. The van der Waals surface area contributed by atoms with Gasteiger partial charge in [0.2, 0.25) is 0 Å². The highest BCUT2D eigenvalue weighted by Gasteiger charge is 1.97. The highest BCUT2D eigenvalue weighted by atomic mass is 15.3. The summed E-state index contributed by atoms with van der Waals surface area (Å²) in [5, 5.41) is 4.46. The Bertz CT molecular complexity index is 240. The SMILES string of the molecule is CCCc1ccn(CCN(C)C)n1. The van der Waals surface area contributed by atoms with Crippen molar-refractivity contribution in [3.63, 3.8) is 0 Å². The Morgan fingerprint density at radius 3 is 2.85 bits per heavy atom. The Labute approximate surface area is 80.4 Å². The van der Waals surface area contributed by atoms with Crippen LogP contribution in [0.1, 0.15) is 19.0 Å². The van der Waals surface area contributed by atoms with Gasteiger partial charge in [0.1, 0.15) is 0 Å². The molecule has 0 unspecified atom stereocenters. The Morgan fingerprint density at radius 1 is 1.46 bits per heavy atom. The van der Waals surface area contributed by atoms with E-state index >= 15 is 0 Å². The lowest BCUT2D eigenvalue weighted by molar-refractivity contribution is 0.372. The van der Waals surface area contributed by atoms with Crippen LogP contribution in [0.15, 0.2) is 12.3 Å². The lowest BCUT2D eigenvalue weighted by atomic mass is 10.3. The molecular formula is C10H19N3. The van der Waals surface area contributed by atoms with Gasteiger partial charge in [-0.1, -0.05) is 13.3 Å². The predicted molar refractivity (Wildman–Crippen MR) is 54.8 cm³/mol. The lowest BCUT2D eigenvalue weighted by Gasteiger charge is -2.08. The maximum atomic E-state index is 4.46. The van der Waals surface area contributed by atoms with Crippen LogP contribution in [0.3, 0.4) is 0 Å². The van der Waals surface area contributed by atoms with Crippen molar-refractivity contribution in [2.45, 2.75) is 26.3 Å². The van der Waals surface area contributed by atoms with Gasteiger partial charge >= 0.3 is 0 Å². The molecule has 3 nitrogen and oxygen atoms in total. The molecule has 0 aliphatic carbocycles. The van der Waals surface area contributed by atoms with E-state index in [1.54, 1.807) is 0 Å². The van der Waals surface area contributed by atoms with E-state index in [9.17, 15) is 0 Å². The first-order chi connectivity index (χ1) is 6.22. The minimum atomic E-state index is 0.983. The molecule has 1 aromatic rings. The fourth-order valence-electron chi connectivity index (χ4n) is 1.22. The van der Waals surface area contributed by atoms with Crippen LogP contribution in [0.2, 0.25) is 0 Å². The van der Waals surface area contributed by atoms with Gasteiger partial charge in [0.05, 0.1) is 12.2 Å². The minimum Gasteiger partial charge on any atom is -0.308 e. The van der Waals surface area contributed by atoms with Crippen molar-refractivity contribution < 1.29 is 0 Å². The quantitative estimate of drug-likeness (QED) is 0.684. The molecule has 0 saturated carbocycles. The van der Waals surface area contributed by atoms with Gasteiger partial charge in [0.25, 0.3) is 0 Å². The summed E-state index contributed by atoms with van der Waals surface area (Å²) < 4.78 is 2.02. The summed E-state index contributed by atoms with van der Waals surface area (Å²) >= 11 is 0. The number of aromatic nitrogens is 2. The van der Waals surface area contributed by atoms with Gasteiger partial charge in [0.15, 0.2) is 0 Å². The molecule has 1 aromatic heterocycles. The highest BCUT2D eigenvalue weighted by Crippen LogP contribution is 1.99. The molecule has 13 heavy (non-hydrogen) atoms. The van der Waals surface area contributed by atoms with Crippen LogP contribution in [0.25, 0.3) is 0 Å². The molecule has 3 heteroatoms. The number of hydrogen-bond donors (Lipinski definition) is 0. The third-order valence-corrected chi connectivity index (χ3v) is 1.98. The molecule has 0 N–H and O–H groups in total. The van der Waals surface area contributed by atoms with Gasteiger partial charge in [-0.3, -0.25) is 4.68 Å². The van der Waals surface area contributed by atoms with Crippen molar-refractivity contribution in [2.24, 2.45) is 0 Å². The smallest absolute Gasteiger partial charge is 0.0624 e. The van der Waals surface area contributed by atoms with E-state index in [1.807, 2.05) is 4.68 Å². The number of rotatable bonds is 5. The van der Waals surface area contributed by atoms with E-state index in [4.69, 9.17) is 0 Å².